The lowest BCUT2D eigenvalue weighted by molar-refractivity contribution is -0.139. The largest absolute Gasteiger partial charge is 0.457 e. The molecule has 2 aromatic carbocycles. The SMILES string of the molecule is CC(=O)OCC(=O)c1c(-c2ccccc2)n(C)c2ccccc12. The lowest BCUT2D eigenvalue weighted by atomic mass is 10.0. The fourth-order valence-corrected chi connectivity index (χ4v) is 2.85. The lowest BCUT2D eigenvalue weighted by Crippen LogP contribution is -2.13. The van der Waals surface area contributed by atoms with E-state index in [4.69, 9.17) is 4.74 Å². The van der Waals surface area contributed by atoms with E-state index in [9.17, 15) is 9.59 Å². The van der Waals surface area contributed by atoms with Crippen molar-refractivity contribution in [1.82, 2.24) is 4.57 Å². The molecule has 0 N–H and O–H groups in total. The molecule has 23 heavy (non-hydrogen) atoms. The second-order valence-electron chi connectivity index (χ2n) is 5.37. The van der Waals surface area contributed by atoms with Crippen LogP contribution in [0.5, 0.6) is 0 Å². The highest BCUT2D eigenvalue weighted by Gasteiger charge is 2.22. The average molecular weight is 307 g/mol. The van der Waals surface area contributed by atoms with Crippen LogP contribution in [0.1, 0.15) is 17.3 Å². The lowest BCUT2D eigenvalue weighted by Gasteiger charge is -2.08. The molecule has 0 aliphatic rings. The summed E-state index contributed by atoms with van der Waals surface area (Å²) in [6.45, 7) is 1.05. The Hall–Kier alpha value is -2.88. The molecule has 0 bridgehead atoms. The molecule has 0 radical (unpaired) electrons. The van der Waals surface area contributed by atoms with Crippen molar-refractivity contribution in [2.45, 2.75) is 6.92 Å². The normalized spacial score (nSPS) is 10.7. The molecular formula is C19H17NO3. The number of carbonyl (C=O) groups excluding carboxylic acids is 2. The molecule has 0 fully saturated rings. The van der Waals surface area contributed by atoms with Crippen molar-refractivity contribution in [3.63, 3.8) is 0 Å². The van der Waals surface area contributed by atoms with Crippen LogP contribution in [-0.2, 0) is 16.6 Å². The van der Waals surface area contributed by atoms with E-state index < -0.39 is 5.97 Å². The van der Waals surface area contributed by atoms with Gasteiger partial charge in [-0.05, 0) is 11.6 Å². The van der Waals surface area contributed by atoms with Gasteiger partial charge in [-0.2, -0.15) is 0 Å². The Morgan fingerprint density at radius 3 is 2.35 bits per heavy atom. The molecule has 116 valence electrons. The highest BCUT2D eigenvalue weighted by Crippen LogP contribution is 2.33. The quantitative estimate of drug-likeness (QED) is 0.546. The van der Waals surface area contributed by atoms with Crippen LogP contribution in [0.4, 0.5) is 0 Å². The zero-order valence-corrected chi connectivity index (χ0v) is 13.1. The van der Waals surface area contributed by atoms with Gasteiger partial charge >= 0.3 is 5.97 Å². The molecule has 3 rings (SSSR count). The number of para-hydroxylation sites is 1. The fraction of sp³-hybridized carbons (Fsp3) is 0.158. The van der Waals surface area contributed by atoms with Crippen LogP contribution in [0.15, 0.2) is 54.6 Å². The van der Waals surface area contributed by atoms with Gasteiger partial charge in [-0.25, -0.2) is 0 Å². The molecule has 0 spiro atoms. The molecule has 0 saturated heterocycles. The number of nitrogens with zero attached hydrogens (tertiary/aromatic N) is 1. The minimum absolute atomic E-state index is 0.198. The number of carbonyl (C=O) groups is 2. The number of benzene rings is 2. The summed E-state index contributed by atoms with van der Waals surface area (Å²) in [5.74, 6) is -0.657. The smallest absolute Gasteiger partial charge is 0.303 e. The Morgan fingerprint density at radius 1 is 1.00 bits per heavy atom. The van der Waals surface area contributed by atoms with E-state index >= 15 is 0 Å². The third-order valence-corrected chi connectivity index (χ3v) is 3.84. The third-order valence-electron chi connectivity index (χ3n) is 3.84. The molecule has 0 aliphatic carbocycles. The van der Waals surface area contributed by atoms with E-state index in [1.54, 1.807) is 0 Å². The molecule has 0 saturated carbocycles. The van der Waals surface area contributed by atoms with Gasteiger partial charge in [0.05, 0.1) is 11.3 Å². The van der Waals surface area contributed by atoms with Gasteiger partial charge < -0.3 is 9.30 Å². The van der Waals surface area contributed by atoms with E-state index in [1.807, 2.05) is 66.2 Å². The topological polar surface area (TPSA) is 48.3 Å². The number of hydrogen-bond acceptors (Lipinski definition) is 3. The molecule has 0 aliphatic heterocycles. The number of ketones is 1. The monoisotopic (exact) mass is 307 g/mol. The Labute approximate surface area is 134 Å². The first-order valence-electron chi connectivity index (χ1n) is 7.39. The first-order valence-corrected chi connectivity index (χ1v) is 7.39. The minimum Gasteiger partial charge on any atom is -0.457 e. The summed E-state index contributed by atoms with van der Waals surface area (Å²) in [5, 5.41) is 0.867. The molecule has 4 heteroatoms. The number of aromatic nitrogens is 1. The van der Waals surface area contributed by atoms with E-state index in [-0.39, 0.29) is 12.4 Å². The predicted molar refractivity (Wildman–Crippen MR) is 89.3 cm³/mol. The van der Waals surface area contributed by atoms with Gasteiger partial charge in [0.15, 0.2) is 6.61 Å². The van der Waals surface area contributed by atoms with Crippen molar-refractivity contribution in [2.75, 3.05) is 6.61 Å². The molecular weight excluding hydrogens is 290 g/mol. The predicted octanol–water partition coefficient (Wildman–Crippen LogP) is 3.59. The van der Waals surface area contributed by atoms with Crippen molar-refractivity contribution in [1.29, 1.82) is 0 Å². The Morgan fingerprint density at radius 2 is 1.65 bits per heavy atom. The van der Waals surface area contributed by atoms with Crippen LogP contribution in [0.3, 0.4) is 0 Å². The van der Waals surface area contributed by atoms with Crippen molar-refractivity contribution >= 4 is 22.7 Å². The van der Waals surface area contributed by atoms with Crippen LogP contribution < -0.4 is 0 Å². The molecule has 0 unspecified atom stereocenters. The summed E-state index contributed by atoms with van der Waals surface area (Å²) in [7, 11) is 1.94. The number of aryl methyl sites for hydroxylation is 1. The third kappa shape index (κ3) is 2.75. The first kappa shape index (κ1) is 15.0. The number of hydrogen-bond donors (Lipinski definition) is 0. The highest BCUT2D eigenvalue weighted by molar-refractivity contribution is 6.14. The zero-order valence-electron chi connectivity index (χ0n) is 13.1. The average Bonchev–Trinajstić information content (AvgIpc) is 2.87. The van der Waals surface area contributed by atoms with Gasteiger partial charge in [-0.3, -0.25) is 9.59 Å². The van der Waals surface area contributed by atoms with Crippen LogP contribution >= 0.6 is 0 Å². The van der Waals surface area contributed by atoms with Crippen molar-refractivity contribution < 1.29 is 14.3 Å². The van der Waals surface area contributed by atoms with E-state index in [1.165, 1.54) is 6.92 Å². The maximum absolute atomic E-state index is 12.7. The summed E-state index contributed by atoms with van der Waals surface area (Å²) < 4.78 is 6.92. The first-order chi connectivity index (χ1) is 11.1. The minimum atomic E-state index is -0.458. The van der Waals surface area contributed by atoms with Crippen molar-refractivity contribution in [2.24, 2.45) is 7.05 Å². The maximum atomic E-state index is 12.7. The van der Waals surface area contributed by atoms with E-state index in [0.717, 1.165) is 22.2 Å². The Balaban J connectivity index is 2.22. The molecule has 1 aromatic heterocycles. The Kier molecular flexibility index (Phi) is 3.98. The maximum Gasteiger partial charge on any atom is 0.303 e. The summed E-state index contributed by atoms with van der Waals surface area (Å²) in [6, 6.07) is 17.5. The van der Waals surface area contributed by atoms with Crippen molar-refractivity contribution in [3.05, 3.63) is 60.2 Å². The molecule has 4 nitrogen and oxygen atoms in total. The zero-order chi connectivity index (χ0) is 16.4. The standard InChI is InChI=1S/C19H17NO3/c1-13(21)23-12-17(22)18-15-10-6-7-11-16(15)20(2)19(18)14-8-4-3-5-9-14/h3-11H,12H2,1-2H3. The van der Waals surface area contributed by atoms with E-state index in [0.29, 0.717) is 5.56 Å². The second kappa shape index (κ2) is 6.08. The number of esters is 1. The van der Waals surface area contributed by atoms with Crippen LogP contribution in [0.2, 0.25) is 0 Å². The summed E-state index contributed by atoms with van der Waals surface area (Å²) >= 11 is 0. The van der Waals surface area contributed by atoms with Crippen molar-refractivity contribution in [3.8, 4) is 11.3 Å². The van der Waals surface area contributed by atoms with Crippen LogP contribution in [-0.4, -0.2) is 22.9 Å². The Bertz CT molecular complexity index is 878. The number of rotatable bonds is 4. The summed E-state index contributed by atoms with van der Waals surface area (Å²) in [4.78, 5) is 23.7. The van der Waals surface area contributed by atoms with Gasteiger partial charge in [0.25, 0.3) is 0 Å². The molecule has 3 aromatic rings. The van der Waals surface area contributed by atoms with Gasteiger partial charge in [0, 0.05) is 24.9 Å². The van der Waals surface area contributed by atoms with Crippen LogP contribution in [0, 0.1) is 0 Å². The molecule has 0 amide bonds. The highest BCUT2D eigenvalue weighted by atomic mass is 16.5. The molecule has 0 atom stereocenters. The van der Waals surface area contributed by atoms with Crippen LogP contribution in [0.25, 0.3) is 22.2 Å². The van der Waals surface area contributed by atoms with Gasteiger partial charge in [-0.15, -0.1) is 0 Å². The number of ether oxygens (including phenoxy) is 1. The summed E-state index contributed by atoms with van der Waals surface area (Å²) in [6.07, 6.45) is 0. The number of Topliss-reactive ketones (excluding diaryl/α,β-unsaturated/α-hetero) is 1. The van der Waals surface area contributed by atoms with Gasteiger partial charge in [0.1, 0.15) is 0 Å². The van der Waals surface area contributed by atoms with E-state index in [2.05, 4.69) is 0 Å². The fourth-order valence-electron chi connectivity index (χ4n) is 2.85. The number of fused-ring (bicyclic) bond motifs is 1. The second-order valence-corrected chi connectivity index (χ2v) is 5.37. The summed E-state index contributed by atoms with van der Waals surface area (Å²) in [5.41, 5.74) is 3.36. The molecule has 1 heterocycles. The van der Waals surface area contributed by atoms with Gasteiger partial charge in [-0.1, -0.05) is 48.5 Å². The van der Waals surface area contributed by atoms with Gasteiger partial charge in [0.2, 0.25) is 5.78 Å².